The number of carboxylic acids is 2. The highest BCUT2D eigenvalue weighted by Gasteiger charge is 2.37. The van der Waals surface area contributed by atoms with Crippen LogP contribution in [0.2, 0.25) is 0 Å². The Morgan fingerprint density at radius 1 is 0.657 bits per heavy atom. The number of carboxylic acid groups (broad SMARTS) is 2. The fraction of sp³-hybridized carbons (Fsp3) is 0.614. The summed E-state index contributed by atoms with van der Waals surface area (Å²) in [6.45, 7) is 5.98. The summed E-state index contributed by atoms with van der Waals surface area (Å²) < 4.78 is 0. The van der Waals surface area contributed by atoms with Crippen molar-refractivity contribution >= 4 is 76.9 Å². The van der Waals surface area contributed by atoms with Crippen LogP contribution in [0, 0.1) is 11.8 Å². The zero-order valence-electron chi connectivity index (χ0n) is 40.2. The first-order chi connectivity index (χ1) is 32.8. The van der Waals surface area contributed by atoms with E-state index in [0.717, 1.165) is 6.92 Å². The number of benzene rings is 1. The number of nitrogens with two attached hydrogens (primary N) is 2. The third-order valence-electron chi connectivity index (χ3n) is 10.6. The van der Waals surface area contributed by atoms with Gasteiger partial charge in [0.2, 0.25) is 53.2 Å². The highest BCUT2D eigenvalue weighted by atomic mass is 32.2. The molecule has 0 aromatic heterocycles. The van der Waals surface area contributed by atoms with Crippen LogP contribution in [0.3, 0.4) is 0 Å². The maximum atomic E-state index is 13.8. The zero-order valence-corrected chi connectivity index (χ0v) is 41.0. The minimum Gasteiger partial charge on any atom is -0.481 e. The molecule has 26 heteroatoms. The number of amides is 9. The van der Waals surface area contributed by atoms with Crippen molar-refractivity contribution in [2.75, 3.05) is 25.2 Å². The van der Waals surface area contributed by atoms with Crippen molar-refractivity contribution in [1.29, 1.82) is 0 Å². The number of hydrogen-bond donors (Lipinski definition) is 14. The molecule has 0 fully saturated rings. The summed E-state index contributed by atoms with van der Waals surface area (Å²) in [5, 5.41) is 58.1. The lowest BCUT2D eigenvalue weighted by Crippen LogP contribution is -2.62. The molecule has 1 aromatic carbocycles. The van der Waals surface area contributed by atoms with Crippen LogP contribution < -0.4 is 54.0 Å². The van der Waals surface area contributed by atoms with Crippen molar-refractivity contribution in [2.24, 2.45) is 23.3 Å². The lowest BCUT2D eigenvalue weighted by molar-refractivity contribution is -0.142. The second-order valence-corrected chi connectivity index (χ2v) is 18.0. The third-order valence-corrected chi connectivity index (χ3v) is 11.3. The Labute approximate surface area is 409 Å². The van der Waals surface area contributed by atoms with Gasteiger partial charge in [-0.1, -0.05) is 64.4 Å². The molecule has 16 N–H and O–H groups in total. The molecule has 0 spiro atoms. The molecule has 0 heterocycles. The average Bonchev–Trinajstić information content (AvgIpc) is 3.29. The molecule has 10 atom stereocenters. The van der Waals surface area contributed by atoms with E-state index in [1.54, 1.807) is 57.4 Å². The Bertz CT molecular complexity index is 1960. The number of rotatable bonds is 33. The van der Waals surface area contributed by atoms with Gasteiger partial charge in [-0.25, -0.2) is 4.79 Å². The first-order valence-electron chi connectivity index (χ1n) is 22.5. The molecule has 70 heavy (non-hydrogen) atoms. The van der Waals surface area contributed by atoms with Gasteiger partial charge in [0.1, 0.15) is 42.3 Å². The highest BCUT2D eigenvalue weighted by Crippen LogP contribution is 2.12. The molecule has 392 valence electrons. The maximum absolute atomic E-state index is 13.8. The summed E-state index contributed by atoms with van der Waals surface area (Å²) in [6, 6.07) is -3.56. The summed E-state index contributed by atoms with van der Waals surface area (Å²) in [6.07, 6.45) is -1.24. The standard InChI is InChI=1S/C44H70N10O15S/c1-7-23(4)35(53-41(65)29(19-32(46)57)50-39(63)27(13-14-34(59)60)49-37(61)26(45)15-16-70-6)42(66)54-36(24(5)56)43(67)52-31(21-55)38(62)47-20-33(58)48-28(18-25-11-9-8-10-12-25)40(64)51-30(44(68)69)17-22(2)3/h8-12,22-24,26-31,35-36,55-56H,7,13-21,45H2,1-6H3,(H2,46,57)(H,47,62)(H,48,58)(H,49,61)(H,50,63)(H,51,64)(H,52,67)(H,53,65)(H,54,66)(H,59,60)(H,68,69). The number of aliphatic hydroxyl groups excluding tert-OH is 2. The van der Waals surface area contributed by atoms with Gasteiger partial charge in [0.05, 0.1) is 31.7 Å². The Kier molecular flexibility index (Phi) is 27.9. The zero-order chi connectivity index (χ0) is 53.2. The summed E-state index contributed by atoms with van der Waals surface area (Å²) >= 11 is 1.41. The van der Waals surface area contributed by atoms with Gasteiger partial charge in [-0.05, 0) is 55.6 Å². The molecular formula is C44H70N10O15S. The van der Waals surface area contributed by atoms with E-state index in [9.17, 15) is 73.2 Å². The van der Waals surface area contributed by atoms with Crippen LogP contribution >= 0.6 is 11.8 Å². The predicted octanol–water partition coefficient (Wildman–Crippen LogP) is -3.89. The quantitative estimate of drug-likeness (QED) is 0.0320. The van der Waals surface area contributed by atoms with Crippen LogP contribution in [0.15, 0.2) is 30.3 Å². The highest BCUT2D eigenvalue weighted by molar-refractivity contribution is 7.98. The molecule has 0 aliphatic carbocycles. The van der Waals surface area contributed by atoms with Crippen molar-refractivity contribution in [3.63, 3.8) is 0 Å². The van der Waals surface area contributed by atoms with Crippen LogP contribution in [0.4, 0.5) is 0 Å². The lowest BCUT2D eigenvalue weighted by atomic mass is 9.96. The molecule has 0 radical (unpaired) electrons. The van der Waals surface area contributed by atoms with Crippen LogP contribution in [0.25, 0.3) is 0 Å². The van der Waals surface area contributed by atoms with Crippen LogP contribution in [0.5, 0.6) is 0 Å². The van der Waals surface area contributed by atoms with Crippen molar-refractivity contribution in [3.05, 3.63) is 35.9 Å². The second-order valence-electron chi connectivity index (χ2n) is 17.0. The van der Waals surface area contributed by atoms with E-state index < -0.39 is 158 Å². The van der Waals surface area contributed by atoms with E-state index in [1.165, 1.54) is 18.7 Å². The van der Waals surface area contributed by atoms with Gasteiger partial charge in [-0.15, -0.1) is 0 Å². The summed E-state index contributed by atoms with van der Waals surface area (Å²) in [5.74, 6) is -12.1. The van der Waals surface area contributed by atoms with Gasteiger partial charge in [0.25, 0.3) is 0 Å². The topological polar surface area (TPSA) is 417 Å². The first kappa shape index (κ1) is 61.6. The smallest absolute Gasteiger partial charge is 0.326 e. The van der Waals surface area contributed by atoms with E-state index in [4.69, 9.17) is 11.5 Å². The lowest BCUT2D eigenvalue weighted by Gasteiger charge is -2.30. The largest absolute Gasteiger partial charge is 0.481 e. The Morgan fingerprint density at radius 2 is 1.20 bits per heavy atom. The van der Waals surface area contributed by atoms with Crippen molar-refractivity contribution in [3.8, 4) is 0 Å². The Hall–Kier alpha value is -6.38. The monoisotopic (exact) mass is 1010 g/mol. The average molecular weight is 1010 g/mol. The molecule has 0 saturated heterocycles. The van der Waals surface area contributed by atoms with Gasteiger partial charge in [-0.2, -0.15) is 11.8 Å². The van der Waals surface area contributed by atoms with Gasteiger partial charge in [0, 0.05) is 12.8 Å². The molecule has 10 unspecified atom stereocenters. The fourth-order valence-corrected chi connectivity index (χ4v) is 6.98. The van der Waals surface area contributed by atoms with E-state index in [-0.39, 0.29) is 31.6 Å². The van der Waals surface area contributed by atoms with Crippen LogP contribution in [-0.4, -0.2) is 165 Å². The summed E-state index contributed by atoms with van der Waals surface area (Å²) in [4.78, 5) is 142. The normalized spacial score (nSPS) is 15.3. The van der Waals surface area contributed by atoms with Gasteiger partial charge in [-0.3, -0.25) is 47.9 Å². The molecule has 1 aromatic rings. The molecule has 0 saturated carbocycles. The number of carbonyl (C=O) groups excluding carboxylic acids is 9. The predicted molar refractivity (Wildman–Crippen MR) is 254 cm³/mol. The number of aliphatic carboxylic acids is 2. The molecule has 0 aliphatic rings. The molecule has 9 amide bonds. The molecule has 0 bridgehead atoms. The number of thioether (sulfide) groups is 1. The summed E-state index contributed by atoms with van der Waals surface area (Å²) in [5.41, 5.74) is 11.9. The SMILES string of the molecule is CCC(C)C(NC(=O)C(CC(N)=O)NC(=O)C(CCC(=O)O)NC(=O)C(N)CCSC)C(=O)NC(C(=O)NC(CO)C(=O)NCC(=O)NC(Cc1ccccc1)C(=O)NC(CC(C)C)C(=O)O)C(C)O. The molecule has 0 aliphatic heterocycles. The molecule has 1 rings (SSSR count). The van der Waals surface area contributed by atoms with E-state index >= 15 is 0 Å². The second kappa shape index (κ2) is 31.7. The third kappa shape index (κ3) is 22.8. The van der Waals surface area contributed by atoms with Crippen molar-refractivity contribution in [2.45, 2.75) is 134 Å². The van der Waals surface area contributed by atoms with E-state index in [2.05, 4.69) is 42.5 Å². The Balaban J connectivity index is 3.20. The van der Waals surface area contributed by atoms with Crippen LogP contribution in [0.1, 0.15) is 78.7 Å². The fourth-order valence-electron chi connectivity index (χ4n) is 6.49. The van der Waals surface area contributed by atoms with E-state index in [0.29, 0.717) is 11.3 Å². The number of nitrogens with one attached hydrogen (secondary N) is 8. The van der Waals surface area contributed by atoms with Crippen molar-refractivity contribution in [1.82, 2.24) is 42.5 Å². The maximum Gasteiger partial charge on any atom is 0.326 e. The number of carbonyl (C=O) groups is 11. The Morgan fingerprint density at radius 3 is 1.73 bits per heavy atom. The minimum absolute atomic E-state index is 0.0551. The first-order valence-corrected chi connectivity index (χ1v) is 23.9. The van der Waals surface area contributed by atoms with Gasteiger partial charge < -0.3 is 74.4 Å². The minimum atomic E-state index is -1.84. The number of aliphatic hydroxyl groups is 2. The van der Waals surface area contributed by atoms with E-state index in [1.807, 2.05) is 0 Å². The van der Waals surface area contributed by atoms with Gasteiger partial charge in [0.15, 0.2) is 0 Å². The summed E-state index contributed by atoms with van der Waals surface area (Å²) in [7, 11) is 0. The number of primary amides is 1. The van der Waals surface area contributed by atoms with Crippen LogP contribution in [-0.2, 0) is 59.2 Å². The molecule has 25 nitrogen and oxygen atoms in total. The van der Waals surface area contributed by atoms with Gasteiger partial charge >= 0.3 is 11.9 Å². The number of hydrogen-bond acceptors (Lipinski definition) is 15. The van der Waals surface area contributed by atoms with Crippen molar-refractivity contribution < 1.29 is 73.2 Å². The molecular weight excluding hydrogens is 941 g/mol.